The molecule has 4 heteroatoms. The van der Waals surface area contributed by atoms with Crippen molar-refractivity contribution in [2.24, 2.45) is 5.92 Å². The van der Waals surface area contributed by atoms with Crippen LogP contribution in [0.5, 0.6) is 0 Å². The minimum absolute atomic E-state index is 0.0629. The van der Waals surface area contributed by atoms with E-state index in [4.69, 9.17) is 0 Å². The molecule has 1 aromatic rings. The maximum Gasteiger partial charge on any atom is 0.251 e. The van der Waals surface area contributed by atoms with Gasteiger partial charge in [-0.05, 0) is 49.3 Å². The molecular weight excluding hydrogens is 324 g/mol. The van der Waals surface area contributed by atoms with E-state index in [1.807, 2.05) is 12.1 Å². The molecule has 0 bridgehead atoms. The molecule has 0 unspecified atom stereocenters. The molecule has 2 aliphatic carbocycles. The van der Waals surface area contributed by atoms with Crippen molar-refractivity contribution in [2.75, 3.05) is 13.1 Å². The molecule has 2 N–H and O–H groups in total. The van der Waals surface area contributed by atoms with Crippen LogP contribution in [0.1, 0.15) is 86.0 Å². The molecule has 2 amide bonds. The lowest BCUT2D eigenvalue weighted by Crippen LogP contribution is -2.38. The maximum atomic E-state index is 12.3. The van der Waals surface area contributed by atoms with E-state index in [2.05, 4.69) is 22.8 Å². The summed E-state index contributed by atoms with van der Waals surface area (Å²) < 4.78 is 0. The van der Waals surface area contributed by atoms with Gasteiger partial charge in [0.25, 0.3) is 5.91 Å². The molecule has 2 fully saturated rings. The Hall–Kier alpha value is -1.84. The number of carbonyl (C=O) groups excluding carboxylic acids is 2. The lowest BCUT2D eigenvalue weighted by molar-refractivity contribution is -0.125. The van der Waals surface area contributed by atoms with Gasteiger partial charge in [0, 0.05) is 24.6 Å². The number of hydrogen-bond acceptors (Lipinski definition) is 2. The van der Waals surface area contributed by atoms with Crippen molar-refractivity contribution in [1.82, 2.24) is 10.6 Å². The Bertz CT molecular complexity index is 585. The summed E-state index contributed by atoms with van der Waals surface area (Å²) in [5.41, 5.74) is 2.06. The van der Waals surface area contributed by atoms with Crippen LogP contribution in [0, 0.1) is 5.92 Å². The highest BCUT2D eigenvalue weighted by Crippen LogP contribution is 2.32. The Morgan fingerprint density at radius 3 is 2.00 bits per heavy atom. The summed E-state index contributed by atoms with van der Waals surface area (Å²) >= 11 is 0. The van der Waals surface area contributed by atoms with E-state index in [1.54, 1.807) is 0 Å². The van der Waals surface area contributed by atoms with Crippen LogP contribution in [0.4, 0.5) is 0 Å². The van der Waals surface area contributed by atoms with Crippen LogP contribution in [0.2, 0.25) is 0 Å². The zero-order valence-electron chi connectivity index (χ0n) is 15.8. The Morgan fingerprint density at radius 1 is 0.769 bits per heavy atom. The largest absolute Gasteiger partial charge is 0.354 e. The van der Waals surface area contributed by atoms with Crippen molar-refractivity contribution >= 4 is 11.8 Å². The second-order valence-electron chi connectivity index (χ2n) is 7.84. The highest BCUT2D eigenvalue weighted by Gasteiger charge is 2.20. The second kappa shape index (κ2) is 9.75. The second-order valence-corrected chi connectivity index (χ2v) is 7.84. The molecule has 0 saturated heterocycles. The standard InChI is InChI=1S/C22H32N2O2/c25-21(19-9-5-2-6-10-19)23-15-16-24-22(26)20-13-11-18(12-14-20)17-7-3-1-4-8-17/h11-14,17,19H,1-10,15-16H2,(H,23,25)(H,24,26). The van der Waals surface area contributed by atoms with Gasteiger partial charge in [-0.2, -0.15) is 0 Å². The van der Waals surface area contributed by atoms with Crippen LogP contribution in [0.3, 0.4) is 0 Å². The molecule has 0 radical (unpaired) electrons. The number of hydrogen-bond donors (Lipinski definition) is 2. The lowest BCUT2D eigenvalue weighted by atomic mass is 9.84. The van der Waals surface area contributed by atoms with Crippen molar-refractivity contribution in [1.29, 1.82) is 0 Å². The van der Waals surface area contributed by atoms with Gasteiger partial charge in [-0.1, -0.05) is 50.7 Å². The molecule has 1 aromatic carbocycles. The van der Waals surface area contributed by atoms with Gasteiger partial charge in [0.1, 0.15) is 0 Å². The smallest absolute Gasteiger partial charge is 0.251 e. The van der Waals surface area contributed by atoms with E-state index >= 15 is 0 Å². The molecule has 4 nitrogen and oxygen atoms in total. The molecule has 26 heavy (non-hydrogen) atoms. The van der Waals surface area contributed by atoms with Crippen LogP contribution in [0.15, 0.2) is 24.3 Å². The minimum atomic E-state index is -0.0629. The molecule has 0 spiro atoms. The number of amides is 2. The predicted octanol–water partition coefficient (Wildman–Crippen LogP) is 4.16. The van der Waals surface area contributed by atoms with Crippen LogP contribution in [0.25, 0.3) is 0 Å². The summed E-state index contributed by atoms with van der Waals surface area (Å²) in [7, 11) is 0. The average Bonchev–Trinajstić information content (AvgIpc) is 2.72. The van der Waals surface area contributed by atoms with Gasteiger partial charge in [-0.25, -0.2) is 0 Å². The van der Waals surface area contributed by atoms with Crippen molar-refractivity contribution in [3.8, 4) is 0 Å². The minimum Gasteiger partial charge on any atom is -0.354 e. The summed E-state index contributed by atoms with van der Waals surface area (Å²) in [6.45, 7) is 0.975. The van der Waals surface area contributed by atoms with Crippen LogP contribution >= 0.6 is 0 Å². The Kier molecular flexibility index (Phi) is 7.10. The first-order chi connectivity index (χ1) is 12.7. The summed E-state index contributed by atoms with van der Waals surface area (Å²) in [4.78, 5) is 24.3. The van der Waals surface area contributed by atoms with E-state index in [1.165, 1.54) is 44.1 Å². The van der Waals surface area contributed by atoms with Crippen molar-refractivity contribution in [3.63, 3.8) is 0 Å². The number of rotatable bonds is 6. The number of benzene rings is 1. The first-order valence-electron chi connectivity index (χ1n) is 10.4. The number of carbonyl (C=O) groups is 2. The molecule has 0 atom stereocenters. The van der Waals surface area contributed by atoms with Crippen molar-refractivity contribution < 1.29 is 9.59 Å². The third kappa shape index (κ3) is 5.33. The van der Waals surface area contributed by atoms with E-state index in [-0.39, 0.29) is 17.7 Å². The summed E-state index contributed by atoms with van der Waals surface area (Å²) in [5.74, 6) is 0.922. The van der Waals surface area contributed by atoms with Gasteiger partial charge >= 0.3 is 0 Å². The quantitative estimate of drug-likeness (QED) is 0.752. The van der Waals surface area contributed by atoms with E-state index < -0.39 is 0 Å². The van der Waals surface area contributed by atoms with Crippen LogP contribution < -0.4 is 10.6 Å². The third-order valence-electron chi connectivity index (χ3n) is 5.94. The molecular formula is C22H32N2O2. The Morgan fingerprint density at radius 2 is 1.35 bits per heavy atom. The molecule has 142 valence electrons. The van der Waals surface area contributed by atoms with Gasteiger partial charge in [-0.3, -0.25) is 9.59 Å². The van der Waals surface area contributed by atoms with E-state index in [0.717, 1.165) is 25.7 Å². The normalized spacial score (nSPS) is 19.1. The first-order valence-corrected chi connectivity index (χ1v) is 10.4. The summed E-state index contributed by atoms with van der Waals surface area (Å²) in [6, 6.07) is 8.07. The van der Waals surface area contributed by atoms with Gasteiger partial charge in [0.15, 0.2) is 0 Å². The fourth-order valence-corrected chi connectivity index (χ4v) is 4.32. The summed E-state index contributed by atoms with van der Waals surface area (Å²) in [6.07, 6.45) is 12.1. The molecule has 0 aromatic heterocycles. The SMILES string of the molecule is O=C(NCCNC(=O)C1CCCCC1)c1ccc(C2CCCCC2)cc1. The van der Waals surface area contributed by atoms with Gasteiger partial charge in [-0.15, -0.1) is 0 Å². The van der Waals surface area contributed by atoms with E-state index in [0.29, 0.717) is 24.6 Å². The average molecular weight is 357 g/mol. The van der Waals surface area contributed by atoms with E-state index in [9.17, 15) is 9.59 Å². The Balaban J connectivity index is 1.38. The fourth-order valence-electron chi connectivity index (χ4n) is 4.32. The van der Waals surface area contributed by atoms with Crippen LogP contribution in [-0.4, -0.2) is 24.9 Å². The van der Waals surface area contributed by atoms with Crippen molar-refractivity contribution in [2.45, 2.75) is 70.1 Å². The highest BCUT2D eigenvalue weighted by atomic mass is 16.2. The Labute approximate surface area is 157 Å². The van der Waals surface area contributed by atoms with Gasteiger partial charge in [0.2, 0.25) is 5.91 Å². The monoisotopic (exact) mass is 356 g/mol. The molecule has 2 aliphatic rings. The fraction of sp³-hybridized carbons (Fsp3) is 0.636. The zero-order chi connectivity index (χ0) is 18.2. The first kappa shape index (κ1) is 18.9. The molecule has 2 saturated carbocycles. The highest BCUT2D eigenvalue weighted by molar-refractivity contribution is 5.94. The summed E-state index contributed by atoms with van der Waals surface area (Å²) in [5, 5.41) is 5.86. The topological polar surface area (TPSA) is 58.2 Å². The van der Waals surface area contributed by atoms with Gasteiger partial charge < -0.3 is 10.6 Å². The van der Waals surface area contributed by atoms with Crippen LogP contribution in [-0.2, 0) is 4.79 Å². The lowest BCUT2D eigenvalue weighted by Gasteiger charge is -2.22. The van der Waals surface area contributed by atoms with Crippen molar-refractivity contribution in [3.05, 3.63) is 35.4 Å². The zero-order valence-corrected chi connectivity index (χ0v) is 15.8. The maximum absolute atomic E-state index is 12.3. The molecule has 0 heterocycles. The molecule has 0 aliphatic heterocycles. The predicted molar refractivity (Wildman–Crippen MR) is 104 cm³/mol. The third-order valence-corrected chi connectivity index (χ3v) is 5.94. The van der Waals surface area contributed by atoms with Gasteiger partial charge in [0.05, 0.1) is 0 Å². The number of nitrogens with one attached hydrogen (secondary N) is 2. The molecule has 3 rings (SSSR count).